The van der Waals surface area contributed by atoms with Gasteiger partial charge >= 0.3 is 0 Å². The summed E-state index contributed by atoms with van der Waals surface area (Å²) in [5, 5.41) is 10.1. The summed E-state index contributed by atoms with van der Waals surface area (Å²) in [6.07, 6.45) is -0.0865. The van der Waals surface area contributed by atoms with Gasteiger partial charge in [-0.15, -0.1) is 0 Å². The summed E-state index contributed by atoms with van der Waals surface area (Å²) in [5.41, 5.74) is 0. The molecular formula is C13H22ClN3O2. The molecule has 0 amide bonds. The third kappa shape index (κ3) is 4.60. The number of rotatable bonds is 3. The Balaban J connectivity index is 0.000000861. The number of anilines is 1. The minimum Gasteiger partial charge on any atom is -0.385 e. The lowest BCUT2D eigenvalue weighted by Crippen LogP contribution is -2.37. The van der Waals surface area contributed by atoms with Gasteiger partial charge in [0.15, 0.2) is 5.82 Å². The van der Waals surface area contributed by atoms with Crippen LogP contribution in [-0.4, -0.2) is 41.4 Å². The van der Waals surface area contributed by atoms with E-state index in [4.69, 9.17) is 16.3 Å². The molecule has 1 fully saturated rings. The maximum Gasteiger partial charge on any atom is 0.160 e. The van der Waals surface area contributed by atoms with Gasteiger partial charge in [-0.3, -0.25) is 0 Å². The molecule has 2 heterocycles. The van der Waals surface area contributed by atoms with Crippen LogP contribution in [0.15, 0.2) is 6.07 Å². The van der Waals surface area contributed by atoms with E-state index in [9.17, 15) is 5.11 Å². The predicted octanol–water partition coefficient (Wildman–Crippen LogP) is 2.44. The highest BCUT2D eigenvalue weighted by atomic mass is 35.5. The van der Waals surface area contributed by atoms with Gasteiger partial charge in [-0.2, -0.15) is 0 Å². The second kappa shape index (κ2) is 8.30. The summed E-state index contributed by atoms with van der Waals surface area (Å²) in [4.78, 5) is 10.5. The van der Waals surface area contributed by atoms with Gasteiger partial charge in [-0.1, -0.05) is 32.4 Å². The van der Waals surface area contributed by atoms with Crippen LogP contribution in [0.25, 0.3) is 0 Å². The quantitative estimate of drug-likeness (QED) is 0.865. The lowest BCUT2D eigenvalue weighted by molar-refractivity contribution is 0.122. The van der Waals surface area contributed by atoms with Crippen LogP contribution in [0.2, 0.25) is 5.15 Å². The lowest BCUT2D eigenvalue weighted by Gasteiger charge is -2.28. The maximum atomic E-state index is 9.75. The molecule has 0 radical (unpaired) electrons. The SMILES string of the molecule is CC.CCC(O)c1nc(Cl)cc(N2CCOCC2)n1. The van der Waals surface area contributed by atoms with Crippen LogP contribution in [0.4, 0.5) is 5.82 Å². The molecule has 5 nitrogen and oxygen atoms in total. The molecule has 19 heavy (non-hydrogen) atoms. The molecule has 0 spiro atoms. The van der Waals surface area contributed by atoms with Crippen LogP contribution in [0, 0.1) is 0 Å². The first-order valence-electron chi connectivity index (χ1n) is 6.76. The summed E-state index contributed by atoms with van der Waals surface area (Å²) < 4.78 is 5.28. The minimum atomic E-state index is -0.659. The normalized spacial score (nSPS) is 16.6. The molecule has 0 bridgehead atoms. The second-order valence-electron chi connectivity index (χ2n) is 3.93. The second-order valence-corrected chi connectivity index (χ2v) is 4.32. The van der Waals surface area contributed by atoms with Crippen molar-refractivity contribution in [1.29, 1.82) is 0 Å². The molecule has 6 heteroatoms. The molecule has 0 saturated carbocycles. The summed E-state index contributed by atoms with van der Waals surface area (Å²) >= 11 is 5.95. The van der Waals surface area contributed by atoms with Crippen molar-refractivity contribution in [3.63, 3.8) is 0 Å². The highest BCUT2D eigenvalue weighted by molar-refractivity contribution is 6.29. The molecule has 1 aliphatic rings. The monoisotopic (exact) mass is 287 g/mol. The fourth-order valence-electron chi connectivity index (χ4n) is 1.71. The van der Waals surface area contributed by atoms with E-state index in [1.54, 1.807) is 6.07 Å². The number of ether oxygens (including phenoxy) is 1. The molecule has 2 rings (SSSR count). The number of halogens is 1. The minimum absolute atomic E-state index is 0.365. The van der Waals surface area contributed by atoms with Crippen molar-refractivity contribution in [2.24, 2.45) is 0 Å². The van der Waals surface area contributed by atoms with Crippen LogP contribution in [0.1, 0.15) is 39.1 Å². The molecule has 108 valence electrons. The van der Waals surface area contributed by atoms with Gasteiger partial charge in [0.1, 0.15) is 17.1 Å². The Morgan fingerprint density at radius 2 is 2.00 bits per heavy atom. The zero-order valence-electron chi connectivity index (χ0n) is 11.8. The van der Waals surface area contributed by atoms with Crippen LogP contribution >= 0.6 is 11.6 Å². The van der Waals surface area contributed by atoms with E-state index in [0.29, 0.717) is 30.6 Å². The van der Waals surface area contributed by atoms with Crippen LogP contribution in [0.3, 0.4) is 0 Å². The van der Waals surface area contributed by atoms with E-state index in [0.717, 1.165) is 18.9 Å². The van der Waals surface area contributed by atoms with Gasteiger partial charge in [0.05, 0.1) is 13.2 Å². The fraction of sp³-hybridized carbons (Fsp3) is 0.692. The lowest BCUT2D eigenvalue weighted by atomic mass is 10.2. The van der Waals surface area contributed by atoms with E-state index in [1.165, 1.54) is 0 Å². The average Bonchev–Trinajstić information content (AvgIpc) is 2.48. The molecule has 1 atom stereocenters. The van der Waals surface area contributed by atoms with Crippen molar-refractivity contribution in [3.05, 3.63) is 17.0 Å². The number of morpholine rings is 1. The molecule has 1 unspecified atom stereocenters. The number of hydrogen-bond donors (Lipinski definition) is 1. The van der Waals surface area contributed by atoms with Crippen molar-refractivity contribution in [2.45, 2.75) is 33.3 Å². The Labute approximate surface area is 119 Å². The molecule has 1 aliphatic heterocycles. The van der Waals surface area contributed by atoms with E-state index in [2.05, 4.69) is 14.9 Å². The van der Waals surface area contributed by atoms with Gasteiger partial charge < -0.3 is 14.7 Å². The van der Waals surface area contributed by atoms with E-state index in [1.807, 2.05) is 20.8 Å². The van der Waals surface area contributed by atoms with Crippen molar-refractivity contribution in [2.75, 3.05) is 31.2 Å². The largest absolute Gasteiger partial charge is 0.385 e. The number of nitrogens with zero attached hydrogens (tertiary/aromatic N) is 3. The highest BCUT2D eigenvalue weighted by Crippen LogP contribution is 2.21. The molecule has 0 aliphatic carbocycles. The summed E-state index contributed by atoms with van der Waals surface area (Å²) in [6.45, 7) is 8.83. The standard InChI is InChI=1S/C11H16ClN3O2.C2H6/c1-2-8(16)11-13-9(12)7-10(14-11)15-3-5-17-6-4-15;1-2/h7-8,16H,2-6H2,1H3;1-2H3. The zero-order valence-corrected chi connectivity index (χ0v) is 12.5. The molecule has 1 saturated heterocycles. The molecule has 1 aromatic rings. The maximum absolute atomic E-state index is 9.75. The van der Waals surface area contributed by atoms with Crippen molar-refractivity contribution in [1.82, 2.24) is 9.97 Å². The van der Waals surface area contributed by atoms with Crippen molar-refractivity contribution in [3.8, 4) is 0 Å². The van der Waals surface area contributed by atoms with Crippen molar-refractivity contribution >= 4 is 17.4 Å². The first kappa shape index (κ1) is 16.1. The van der Waals surface area contributed by atoms with Gasteiger partial charge in [-0.25, -0.2) is 9.97 Å². The van der Waals surface area contributed by atoms with Gasteiger partial charge in [-0.05, 0) is 6.42 Å². The van der Waals surface area contributed by atoms with Gasteiger partial charge in [0, 0.05) is 19.2 Å². The topological polar surface area (TPSA) is 58.5 Å². The van der Waals surface area contributed by atoms with Gasteiger partial charge in [0.2, 0.25) is 0 Å². The zero-order chi connectivity index (χ0) is 14.3. The predicted molar refractivity (Wildman–Crippen MR) is 76.7 cm³/mol. The summed E-state index contributed by atoms with van der Waals surface area (Å²) in [6, 6.07) is 1.72. The third-order valence-corrected chi connectivity index (χ3v) is 2.91. The Hall–Kier alpha value is -0.910. The molecular weight excluding hydrogens is 266 g/mol. The van der Waals surface area contributed by atoms with Crippen molar-refractivity contribution < 1.29 is 9.84 Å². The summed E-state index contributed by atoms with van der Waals surface area (Å²) in [5.74, 6) is 1.15. The Morgan fingerprint density at radius 3 is 2.58 bits per heavy atom. The summed E-state index contributed by atoms with van der Waals surface area (Å²) in [7, 11) is 0. The number of aliphatic hydroxyl groups excluding tert-OH is 1. The Kier molecular flexibility index (Phi) is 7.05. The van der Waals surface area contributed by atoms with Crippen LogP contribution < -0.4 is 4.90 Å². The third-order valence-electron chi connectivity index (χ3n) is 2.72. The van der Waals surface area contributed by atoms with E-state index in [-0.39, 0.29) is 0 Å². The van der Waals surface area contributed by atoms with Crippen LogP contribution in [0.5, 0.6) is 0 Å². The first-order chi connectivity index (χ1) is 9.20. The average molecular weight is 288 g/mol. The van der Waals surface area contributed by atoms with Gasteiger partial charge in [0.25, 0.3) is 0 Å². The molecule has 1 N–H and O–H groups in total. The fourth-order valence-corrected chi connectivity index (χ4v) is 1.89. The molecule has 0 aromatic carbocycles. The molecule has 1 aromatic heterocycles. The number of hydrogen-bond acceptors (Lipinski definition) is 5. The van der Waals surface area contributed by atoms with Crippen LogP contribution in [-0.2, 0) is 4.74 Å². The van der Waals surface area contributed by atoms with E-state index >= 15 is 0 Å². The Morgan fingerprint density at radius 1 is 1.37 bits per heavy atom. The highest BCUT2D eigenvalue weighted by Gasteiger charge is 2.16. The first-order valence-corrected chi connectivity index (χ1v) is 7.13. The smallest absolute Gasteiger partial charge is 0.160 e. The van der Waals surface area contributed by atoms with E-state index < -0.39 is 6.10 Å². The number of aromatic nitrogens is 2. The number of aliphatic hydroxyl groups is 1. The Bertz CT molecular complexity index is 384.